The van der Waals surface area contributed by atoms with E-state index in [1.165, 1.54) is 30.6 Å². The van der Waals surface area contributed by atoms with E-state index in [1.54, 1.807) is 0 Å². The number of hydrogen-bond donors (Lipinski definition) is 2. The molecule has 0 radical (unpaired) electrons. The van der Waals surface area contributed by atoms with Crippen LogP contribution in [0.25, 0.3) is 11.0 Å². The number of aliphatic imine (C=N–C) groups is 1. The minimum absolute atomic E-state index is 0. The van der Waals surface area contributed by atoms with Crippen LogP contribution < -0.4 is 10.6 Å². The number of guanidine groups is 1. The number of halogens is 1. The van der Waals surface area contributed by atoms with Crippen LogP contribution in [0, 0.1) is 6.92 Å². The van der Waals surface area contributed by atoms with Crippen molar-refractivity contribution >= 4 is 41.0 Å². The maximum Gasteiger partial charge on any atom is 0.191 e. The van der Waals surface area contributed by atoms with E-state index in [0.29, 0.717) is 0 Å². The highest BCUT2D eigenvalue weighted by Crippen LogP contribution is 2.16. The van der Waals surface area contributed by atoms with Gasteiger partial charge in [0.25, 0.3) is 0 Å². The van der Waals surface area contributed by atoms with Crippen LogP contribution in [-0.4, -0.2) is 49.9 Å². The average molecular weight is 565 g/mol. The van der Waals surface area contributed by atoms with Crippen molar-refractivity contribution < 1.29 is 0 Å². The summed E-state index contributed by atoms with van der Waals surface area (Å²) in [6.45, 7) is 8.67. The molecular formula is C24H37IN8. The Balaban J connectivity index is 0.00000306. The fourth-order valence-corrected chi connectivity index (χ4v) is 4.42. The predicted octanol–water partition coefficient (Wildman–Crippen LogP) is 3.86. The van der Waals surface area contributed by atoms with Crippen molar-refractivity contribution in [2.75, 3.05) is 19.6 Å². The maximum absolute atomic E-state index is 4.77. The van der Waals surface area contributed by atoms with Gasteiger partial charge in [0.1, 0.15) is 17.5 Å². The van der Waals surface area contributed by atoms with Crippen molar-refractivity contribution in [3.63, 3.8) is 0 Å². The van der Waals surface area contributed by atoms with Gasteiger partial charge in [-0.1, -0.05) is 18.6 Å². The Bertz CT molecular complexity index is 1040. The molecule has 0 amide bonds. The predicted molar refractivity (Wildman–Crippen MR) is 144 cm³/mol. The van der Waals surface area contributed by atoms with Gasteiger partial charge in [0.15, 0.2) is 5.96 Å². The molecule has 9 heteroatoms. The highest BCUT2D eigenvalue weighted by Gasteiger charge is 2.14. The van der Waals surface area contributed by atoms with Crippen LogP contribution in [0.4, 0.5) is 0 Å². The van der Waals surface area contributed by atoms with Crippen LogP contribution in [0.1, 0.15) is 56.5 Å². The normalized spacial score (nSPS) is 13.9. The highest BCUT2D eigenvalue weighted by molar-refractivity contribution is 14.0. The van der Waals surface area contributed by atoms with Crippen molar-refractivity contribution in [1.29, 1.82) is 0 Å². The van der Waals surface area contributed by atoms with Gasteiger partial charge in [0.05, 0.1) is 11.0 Å². The van der Waals surface area contributed by atoms with Crippen LogP contribution in [0.15, 0.2) is 29.3 Å². The van der Waals surface area contributed by atoms with Crippen molar-refractivity contribution in [3.8, 4) is 0 Å². The Morgan fingerprint density at radius 1 is 1.09 bits per heavy atom. The summed E-state index contributed by atoms with van der Waals surface area (Å²) in [7, 11) is 0. The molecule has 33 heavy (non-hydrogen) atoms. The molecule has 0 aliphatic carbocycles. The van der Waals surface area contributed by atoms with Crippen molar-refractivity contribution in [1.82, 2.24) is 34.9 Å². The van der Waals surface area contributed by atoms with Crippen molar-refractivity contribution in [2.45, 2.75) is 71.9 Å². The Kier molecular flexibility index (Phi) is 9.95. The highest BCUT2D eigenvalue weighted by atomic mass is 127. The quantitative estimate of drug-likeness (QED) is 0.179. The molecule has 0 spiro atoms. The molecule has 0 saturated carbocycles. The molecule has 0 fully saturated rings. The van der Waals surface area contributed by atoms with E-state index in [1.807, 2.05) is 6.07 Å². The molecule has 3 aromatic rings. The molecule has 180 valence electrons. The number of aromatic nitrogens is 5. The summed E-state index contributed by atoms with van der Waals surface area (Å²) in [6, 6.07) is 8.32. The van der Waals surface area contributed by atoms with Gasteiger partial charge in [-0.3, -0.25) is 4.99 Å². The first-order valence-corrected chi connectivity index (χ1v) is 12.1. The lowest BCUT2D eigenvalue weighted by Crippen LogP contribution is -2.38. The van der Waals surface area contributed by atoms with Gasteiger partial charge in [-0.05, 0) is 51.7 Å². The standard InChI is InChI=1S/C24H36N8.HI/c1-3-25-24(26-15-9-14-23-30-29-22-13-5-4-8-17-32(22)23)27-16-10-18-31-19(2)28-20-11-6-7-12-21(20)31;/h6-7,11-12H,3-5,8-10,13-18H2,1-2H3,(H2,25,26,27);1H. The van der Waals surface area contributed by atoms with E-state index in [9.17, 15) is 0 Å². The van der Waals surface area contributed by atoms with Gasteiger partial charge in [0, 0.05) is 45.6 Å². The van der Waals surface area contributed by atoms with Gasteiger partial charge in [-0.15, -0.1) is 34.2 Å². The molecule has 0 saturated heterocycles. The molecule has 1 aromatic carbocycles. The molecule has 2 N–H and O–H groups in total. The average Bonchev–Trinajstić information content (AvgIpc) is 3.23. The summed E-state index contributed by atoms with van der Waals surface area (Å²) < 4.78 is 4.63. The fourth-order valence-electron chi connectivity index (χ4n) is 4.42. The number of nitrogens with one attached hydrogen (secondary N) is 2. The third-order valence-corrected chi connectivity index (χ3v) is 6.06. The van der Waals surface area contributed by atoms with Crippen LogP contribution in [0.3, 0.4) is 0 Å². The van der Waals surface area contributed by atoms with E-state index in [-0.39, 0.29) is 24.0 Å². The number of rotatable bonds is 9. The molecule has 2 aromatic heterocycles. The fraction of sp³-hybridized carbons (Fsp3) is 0.583. The summed E-state index contributed by atoms with van der Waals surface area (Å²) in [5, 5.41) is 15.7. The number of hydrogen-bond acceptors (Lipinski definition) is 4. The second-order valence-electron chi connectivity index (χ2n) is 8.44. The number of aryl methyl sites for hydroxylation is 4. The third kappa shape index (κ3) is 6.68. The summed E-state index contributed by atoms with van der Waals surface area (Å²) >= 11 is 0. The zero-order valence-corrected chi connectivity index (χ0v) is 22.2. The van der Waals surface area contributed by atoms with Crippen LogP contribution in [0.5, 0.6) is 0 Å². The van der Waals surface area contributed by atoms with Crippen LogP contribution in [-0.2, 0) is 25.9 Å². The van der Waals surface area contributed by atoms with Gasteiger partial charge in [-0.2, -0.15) is 0 Å². The zero-order valence-electron chi connectivity index (χ0n) is 19.9. The second-order valence-corrected chi connectivity index (χ2v) is 8.44. The maximum atomic E-state index is 4.77. The molecule has 1 aliphatic rings. The smallest absolute Gasteiger partial charge is 0.191 e. The summed E-state index contributed by atoms with van der Waals surface area (Å²) in [4.78, 5) is 9.42. The third-order valence-electron chi connectivity index (χ3n) is 6.06. The van der Waals surface area contributed by atoms with E-state index in [0.717, 1.165) is 81.5 Å². The lowest BCUT2D eigenvalue weighted by molar-refractivity contribution is 0.593. The summed E-state index contributed by atoms with van der Waals surface area (Å²) in [6.07, 6.45) is 7.78. The Labute approximate surface area is 213 Å². The topological polar surface area (TPSA) is 84.9 Å². The van der Waals surface area contributed by atoms with Gasteiger partial charge in [-0.25, -0.2) is 4.98 Å². The number of nitrogens with zero attached hydrogens (tertiary/aromatic N) is 6. The number of imidazole rings is 1. The largest absolute Gasteiger partial charge is 0.357 e. The Morgan fingerprint density at radius 2 is 1.97 bits per heavy atom. The van der Waals surface area contributed by atoms with Crippen molar-refractivity contribution in [2.24, 2.45) is 4.99 Å². The van der Waals surface area contributed by atoms with Crippen LogP contribution in [0.2, 0.25) is 0 Å². The molecule has 0 bridgehead atoms. The van der Waals surface area contributed by atoms with Crippen LogP contribution >= 0.6 is 24.0 Å². The Morgan fingerprint density at radius 3 is 2.85 bits per heavy atom. The number of benzene rings is 1. The molecule has 3 heterocycles. The molecular weight excluding hydrogens is 527 g/mol. The summed E-state index contributed by atoms with van der Waals surface area (Å²) in [5.74, 6) is 4.25. The van der Waals surface area contributed by atoms with Gasteiger partial charge < -0.3 is 19.8 Å². The second kappa shape index (κ2) is 12.9. The van der Waals surface area contributed by atoms with Crippen molar-refractivity contribution in [3.05, 3.63) is 41.7 Å². The van der Waals surface area contributed by atoms with E-state index < -0.39 is 0 Å². The Hall–Kier alpha value is -2.17. The molecule has 0 atom stereocenters. The lowest BCUT2D eigenvalue weighted by Gasteiger charge is -2.12. The van der Waals surface area contributed by atoms with Gasteiger partial charge >= 0.3 is 0 Å². The first-order valence-electron chi connectivity index (χ1n) is 12.1. The minimum Gasteiger partial charge on any atom is -0.357 e. The number of fused-ring (bicyclic) bond motifs is 2. The minimum atomic E-state index is 0. The zero-order chi connectivity index (χ0) is 22.2. The first-order chi connectivity index (χ1) is 15.8. The van der Waals surface area contributed by atoms with E-state index >= 15 is 0 Å². The lowest BCUT2D eigenvalue weighted by atomic mass is 10.2. The molecule has 4 rings (SSSR count). The summed E-state index contributed by atoms with van der Waals surface area (Å²) in [5.41, 5.74) is 2.26. The molecule has 0 unspecified atom stereocenters. The molecule has 1 aliphatic heterocycles. The van der Waals surface area contributed by atoms with Gasteiger partial charge in [0.2, 0.25) is 0 Å². The van der Waals surface area contributed by atoms with E-state index in [4.69, 9.17) is 4.99 Å². The molecule has 8 nitrogen and oxygen atoms in total. The van der Waals surface area contributed by atoms with E-state index in [2.05, 4.69) is 67.0 Å². The SMILES string of the molecule is CCNC(=NCCCn1c(C)nc2ccccc21)NCCCc1nnc2n1CCCCC2.I. The number of para-hydroxylation sites is 2. The monoisotopic (exact) mass is 564 g/mol. The first kappa shape index (κ1) is 25.5.